The number of carbonyl (C=O) groups excluding carboxylic acids is 1. The fourth-order valence-corrected chi connectivity index (χ4v) is 1.70. The van der Waals surface area contributed by atoms with E-state index in [0.29, 0.717) is 6.42 Å². The van der Waals surface area contributed by atoms with Crippen molar-refractivity contribution in [3.05, 3.63) is 34.9 Å². The summed E-state index contributed by atoms with van der Waals surface area (Å²) in [5.74, 6) is 0.205. The van der Waals surface area contributed by atoms with Crippen LogP contribution in [0.25, 0.3) is 0 Å². The van der Waals surface area contributed by atoms with E-state index in [0.717, 1.165) is 17.5 Å². The van der Waals surface area contributed by atoms with Crippen LogP contribution in [0.15, 0.2) is 18.2 Å². The van der Waals surface area contributed by atoms with Crippen LogP contribution in [-0.2, 0) is 4.74 Å². The molecule has 17 heavy (non-hydrogen) atoms. The number of methoxy groups -OCH3 is 1. The monoisotopic (exact) mass is 234 g/mol. The molecule has 0 saturated carbocycles. The summed E-state index contributed by atoms with van der Waals surface area (Å²) in [6.07, 6.45) is 1.28. The first-order chi connectivity index (χ1) is 7.87. The minimum atomic E-state index is -0.229. The Hall–Kier alpha value is -1.15. The first kappa shape index (κ1) is 13.9. The van der Waals surface area contributed by atoms with Crippen LogP contribution in [0.3, 0.4) is 0 Å². The van der Waals surface area contributed by atoms with Crippen LogP contribution in [0.1, 0.15) is 48.2 Å². The number of Topliss-reactive ketones (excluding diaryl/α,β-unsaturated/α-hetero) is 1. The molecular weight excluding hydrogens is 212 g/mol. The van der Waals surface area contributed by atoms with Crippen LogP contribution in [0.4, 0.5) is 0 Å². The Morgan fingerprint density at radius 3 is 2.53 bits per heavy atom. The Morgan fingerprint density at radius 2 is 1.94 bits per heavy atom. The Balaban J connectivity index is 2.74. The molecule has 0 radical (unpaired) electrons. The number of ether oxygens (including phenoxy) is 1. The Morgan fingerprint density at radius 1 is 1.29 bits per heavy atom. The van der Waals surface area contributed by atoms with E-state index in [-0.39, 0.29) is 11.4 Å². The predicted octanol–water partition coefficient (Wildman–Crippen LogP) is 3.69. The maximum Gasteiger partial charge on any atom is 0.163 e. The molecule has 0 amide bonds. The van der Waals surface area contributed by atoms with Gasteiger partial charge in [0.25, 0.3) is 0 Å². The van der Waals surface area contributed by atoms with E-state index in [1.54, 1.807) is 7.11 Å². The van der Waals surface area contributed by atoms with Crippen molar-refractivity contribution < 1.29 is 9.53 Å². The average molecular weight is 234 g/mol. The zero-order valence-electron chi connectivity index (χ0n) is 11.5. The van der Waals surface area contributed by atoms with Gasteiger partial charge in [0.05, 0.1) is 5.60 Å². The van der Waals surface area contributed by atoms with Crippen LogP contribution < -0.4 is 0 Å². The second-order valence-electron chi connectivity index (χ2n) is 5.13. The van der Waals surface area contributed by atoms with Gasteiger partial charge in [0, 0.05) is 19.1 Å². The molecular formula is C15H22O2. The molecule has 0 fully saturated rings. The van der Waals surface area contributed by atoms with Crippen molar-refractivity contribution in [2.45, 2.75) is 46.1 Å². The standard InChI is InChI=1S/C15H22O2/c1-11-7-6-8-13(12(11)2)14(16)9-10-15(3,4)17-5/h6-8H,9-10H2,1-5H3. The third-order valence-corrected chi connectivity index (χ3v) is 3.41. The molecule has 1 rings (SSSR count). The van der Waals surface area contributed by atoms with E-state index in [2.05, 4.69) is 0 Å². The lowest BCUT2D eigenvalue weighted by molar-refractivity contribution is 0.0141. The number of aryl methyl sites for hydroxylation is 1. The molecule has 0 spiro atoms. The lowest BCUT2D eigenvalue weighted by Gasteiger charge is -2.22. The second kappa shape index (κ2) is 5.46. The van der Waals surface area contributed by atoms with E-state index in [1.807, 2.05) is 45.9 Å². The molecule has 0 atom stereocenters. The van der Waals surface area contributed by atoms with Crippen molar-refractivity contribution in [2.75, 3.05) is 7.11 Å². The Kier molecular flexibility index (Phi) is 4.47. The number of hydrogen-bond donors (Lipinski definition) is 0. The van der Waals surface area contributed by atoms with Gasteiger partial charge in [-0.15, -0.1) is 0 Å². The lowest BCUT2D eigenvalue weighted by Crippen LogP contribution is -2.23. The van der Waals surface area contributed by atoms with Gasteiger partial charge in [-0.25, -0.2) is 0 Å². The highest BCUT2D eigenvalue weighted by Gasteiger charge is 2.19. The molecule has 0 aromatic heterocycles. The molecule has 0 heterocycles. The van der Waals surface area contributed by atoms with Gasteiger partial charge >= 0.3 is 0 Å². The predicted molar refractivity (Wildman–Crippen MR) is 70.6 cm³/mol. The molecule has 0 saturated heterocycles. The van der Waals surface area contributed by atoms with E-state index in [4.69, 9.17) is 4.74 Å². The minimum absolute atomic E-state index is 0.205. The fraction of sp³-hybridized carbons (Fsp3) is 0.533. The Labute approximate surface area is 104 Å². The highest BCUT2D eigenvalue weighted by molar-refractivity contribution is 5.97. The highest BCUT2D eigenvalue weighted by Crippen LogP contribution is 2.20. The molecule has 0 aliphatic rings. The van der Waals surface area contributed by atoms with Crippen LogP contribution in [0.2, 0.25) is 0 Å². The van der Waals surface area contributed by atoms with Crippen molar-refractivity contribution >= 4 is 5.78 Å². The smallest absolute Gasteiger partial charge is 0.163 e. The summed E-state index contributed by atoms with van der Waals surface area (Å²) >= 11 is 0. The van der Waals surface area contributed by atoms with Crippen LogP contribution in [0, 0.1) is 13.8 Å². The van der Waals surface area contributed by atoms with E-state index >= 15 is 0 Å². The van der Waals surface area contributed by atoms with Gasteiger partial charge < -0.3 is 4.74 Å². The quantitative estimate of drug-likeness (QED) is 0.726. The zero-order valence-corrected chi connectivity index (χ0v) is 11.5. The number of benzene rings is 1. The normalized spacial score (nSPS) is 11.6. The summed E-state index contributed by atoms with van der Waals surface area (Å²) in [6, 6.07) is 5.88. The van der Waals surface area contributed by atoms with Gasteiger partial charge in [-0.1, -0.05) is 18.2 Å². The van der Waals surface area contributed by atoms with Crippen molar-refractivity contribution in [3.63, 3.8) is 0 Å². The minimum Gasteiger partial charge on any atom is -0.379 e. The summed E-state index contributed by atoms with van der Waals surface area (Å²) in [4.78, 5) is 12.1. The summed E-state index contributed by atoms with van der Waals surface area (Å²) in [7, 11) is 1.68. The van der Waals surface area contributed by atoms with Crippen molar-refractivity contribution in [1.29, 1.82) is 0 Å². The van der Waals surface area contributed by atoms with E-state index in [9.17, 15) is 4.79 Å². The SMILES string of the molecule is COC(C)(C)CCC(=O)c1cccc(C)c1C. The number of carbonyl (C=O) groups is 1. The van der Waals surface area contributed by atoms with Crippen molar-refractivity contribution in [2.24, 2.45) is 0 Å². The molecule has 0 aliphatic carbocycles. The highest BCUT2D eigenvalue weighted by atomic mass is 16.5. The fourth-order valence-electron chi connectivity index (χ4n) is 1.70. The molecule has 0 N–H and O–H groups in total. The van der Waals surface area contributed by atoms with Gasteiger partial charge in [-0.3, -0.25) is 4.79 Å². The van der Waals surface area contributed by atoms with E-state index < -0.39 is 0 Å². The lowest BCUT2D eigenvalue weighted by atomic mass is 9.94. The molecule has 1 aromatic carbocycles. The summed E-state index contributed by atoms with van der Waals surface area (Å²) in [5, 5.41) is 0. The summed E-state index contributed by atoms with van der Waals surface area (Å²) in [5.41, 5.74) is 2.87. The molecule has 0 bridgehead atoms. The number of rotatable bonds is 5. The van der Waals surface area contributed by atoms with Crippen molar-refractivity contribution in [3.8, 4) is 0 Å². The topological polar surface area (TPSA) is 26.3 Å². The molecule has 0 aliphatic heterocycles. The molecule has 94 valence electrons. The third-order valence-electron chi connectivity index (χ3n) is 3.41. The zero-order chi connectivity index (χ0) is 13.1. The third kappa shape index (κ3) is 3.67. The largest absolute Gasteiger partial charge is 0.379 e. The first-order valence-corrected chi connectivity index (χ1v) is 6.02. The number of hydrogen-bond acceptors (Lipinski definition) is 2. The Bertz CT molecular complexity index is 405. The van der Waals surface area contributed by atoms with Crippen molar-refractivity contribution in [1.82, 2.24) is 0 Å². The van der Waals surface area contributed by atoms with Gasteiger partial charge in [0.15, 0.2) is 5.78 Å². The molecule has 2 nitrogen and oxygen atoms in total. The first-order valence-electron chi connectivity index (χ1n) is 6.02. The van der Waals surface area contributed by atoms with Crippen LogP contribution in [0.5, 0.6) is 0 Å². The van der Waals surface area contributed by atoms with Gasteiger partial charge in [-0.05, 0) is 45.2 Å². The van der Waals surface area contributed by atoms with Crippen LogP contribution >= 0.6 is 0 Å². The molecule has 2 heteroatoms. The van der Waals surface area contributed by atoms with Gasteiger partial charge in [-0.2, -0.15) is 0 Å². The van der Waals surface area contributed by atoms with E-state index in [1.165, 1.54) is 5.56 Å². The van der Waals surface area contributed by atoms with Gasteiger partial charge in [0.1, 0.15) is 0 Å². The molecule has 0 unspecified atom stereocenters. The molecule has 1 aromatic rings. The number of ketones is 1. The second-order valence-corrected chi connectivity index (χ2v) is 5.13. The maximum atomic E-state index is 12.1. The van der Waals surface area contributed by atoms with Crippen LogP contribution in [-0.4, -0.2) is 18.5 Å². The maximum absolute atomic E-state index is 12.1. The summed E-state index contributed by atoms with van der Waals surface area (Å²) < 4.78 is 5.33. The summed E-state index contributed by atoms with van der Waals surface area (Å²) in [6.45, 7) is 8.04. The average Bonchev–Trinajstić information content (AvgIpc) is 2.30. The van der Waals surface area contributed by atoms with Gasteiger partial charge in [0.2, 0.25) is 0 Å².